The summed E-state index contributed by atoms with van der Waals surface area (Å²) in [6.07, 6.45) is 2.25. The summed E-state index contributed by atoms with van der Waals surface area (Å²) in [5.74, 6) is 0. The van der Waals surface area contributed by atoms with Gasteiger partial charge >= 0.3 is 0 Å². The summed E-state index contributed by atoms with van der Waals surface area (Å²) in [6, 6.07) is 1.98. The molecule has 1 fully saturated rings. The molecule has 3 rings (SSSR count). The van der Waals surface area contributed by atoms with E-state index in [1.165, 1.54) is 6.33 Å². The molecule has 6 heteroatoms. The van der Waals surface area contributed by atoms with Crippen LogP contribution in [-0.2, 0) is 4.74 Å². The molecule has 0 aliphatic carbocycles. The van der Waals surface area contributed by atoms with Crippen LogP contribution in [-0.4, -0.2) is 43.6 Å². The van der Waals surface area contributed by atoms with E-state index in [1.807, 2.05) is 17.6 Å². The van der Waals surface area contributed by atoms with Gasteiger partial charge in [0.05, 0.1) is 12.7 Å². The molecule has 1 aliphatic heterocycles. The standard InChI is InChI=1S/C12H15N3O3/c1-7-2-8-4-13-6-14-12(8)15(7)11-3-9(17)10(5-16)18-11/h2,4,6,9-11,16-17H,3,5H2,1H3/t9-,10+,11+/m0/s1. The van der Waals surface area contributed by atoms with E-state index in [0.29, 0.717) is 6.42 Å². The van der Waals surface area contributed by atoms with Crippen LogP contribution in [0, 0.1) is 6.92 Å². The molecule has 0 radical (unpaired) electrons. The Balaban J connectivity index is 2.02. The molecule has 3 heterocycles. The molecule has 0 bridgehead atoms. The molecule has 0 aromatic carbocycles. The highest BCUT2D eigenvalue weighted by Gasteiger charge is 2.35. The Morgan fingerprint density at radius 3 is 3.11 bits per heavy atom. The van der Waals surface area contributed by atoms with Crippen molar-refractivity contribution in [2.45, 2.75) is 31.8 Å². The molecule has 2 N–H and O–H groups in total. The first kappa shape index (κ1) is 11.6. The number of fused-ring (bicyclic) bond motifs is 1. The molecule has 18 heavy (non-hydrogen) atoms. The van der Waals surface area contributed by atoms with Gasteiger partial charge in [-0.3, -0.25) is 0 Å². The largest absolute Gasteiger partial charge is 0.394 e. The van der Waals surface area contributed by atoms with Gasteiger partial charge in [0.15, 0.2) is 0 Å². The van der Waals surface area contributed by atoms with E-state index < -0.39 is 12.2 Å². The highest BCUT2D eigenvalue weighted by molar-refractivity contribution is 5.76. The first-order valence-corrected chi connectivity index (χ1v) is 5.92. The molecule has 96 valence electrons. The van der Waals surface area contributed by atoms with Gasteiger partial charge in [-0.15, -0.1) is 0 Å². The van der Waals surface area contributed by atoms with Gasteiger partial charge in [-0.2, -0.15) is 0 Å². The minimum atomic E-state index is -0.640. The lowest BCUT2D eigenvalue weighted by Crippen LogP contribution is -2.24. The lowest BCUT2D eigenvalue weighted by atomic mass is 10.2. The Bertz CT molecular complexity index is 569. The van der Waals surface area contributed by atoms with Crippen LogP contribution >= 0.6 is 0 Å². The maximum Gasteiger partial charge on any atom is 0.145 e. The highest BCUT2D eigenvalue weighted by Crippen LogP contribution is 2.32. The van der Waals surface area contributed by atoms with Gasteiger partial charge in [0, 0.05) is 23.7 Å². The van der Waals surface area contributed by atoms with E-state index in [1.54, 1.807) is 6.20 Å². The normalized spacial score (nSPS) is 28.1. The summed E-state index contributed by atoms with van der Waals surface area (Å²) in [5.41, 5.74) is 1.79. The molecular weight excluding hydrogens is 234 g/mol. The van der Waals surface area contributed by atoms with Crippen molar-refractivity contribution in [2.24, 2.45) is 0 Å². The maximum absolute atomic E-state index is 9.79. The Labute approximate surface area is 104 Å². The first-order chi connectivity index (χ1) is 8.70. The number of aromatic nitrogens is 3. The second kappa shape index (κ2) is 4.31. The van der Waals surface area contributed by atoms with Gasteiger partial charge in [-0.05, 0) is 13.0 Å². The minimum Gasteiger partial charge on any atom is -0.394 e. The number of hydrogen-bond donors (Lipinski definition) is 2. The molecule has 2 aromatic rings. The molecule has 1 aliphatic rings. The quantitative estimate of drug-likeness (QED) is 0.804. The van der Waals surface area contributed by atoms with E-state index in [0.717, 1.165) is 16.7 Å². The third kappa shape index (κ3) is 1.69. The number of hydrogen-bond acceptors (Lipinski definition) is 5. The average molecular weight is 249 g/mol. The molecule has 6 nitrogen and oxygen atoms in total. The maximum atomic E-state index is 9.79. The number of nitrogens with zero attached hydrogens (tertiary/aromatic N) is 3. The number of aliphatic hydroxyl groups excluding tert-OH is 2. The van der Waals surface area contributed by atoms with Crippen LogP contribution in [0.1, 0.15) is 18.3 Å². The SMILES string of the molecule is Cc1cc2cncnc2n1[C@H]1C[C@H](O)[C@@H](CO)O1. The Morgan fingerprint density at radius 2 is 2.39 bits per heavy atom. The second-order valence-electron chi connectivity index (χ2n) is 4.57. The number of ether oxygens (including phenoxy) is 1. The van der Waals surface area contributed by atoms with Gasteiger partial charge in [0.25, 0.3) is 0 Å². The fraction of sp³-hybridized carbons (Fsp3) is 0.500. The number of aryl methyl sites for hydroxylation is 1. The van der Waals surface area contributed by atoms with E-state index in [4.69, 9.17) is 9.84 Å². The fourth-order valence-electron chi connectivity index (χ4n) is 2.50. The summed E-state index contributed by atoms with van der Waals surface area (Å²) in [4.78, 5) is 8.24. The lowest BCUT2D eigenvalue weighted by molar-refractivity contribution is -0.0435. The monoisotopic (exact) mass is 249 g/mol. The van der Waals surface area contributed by atoms with Crippen LogP contribution in [0.3, 0.4) is 0 Å². The molecule has 0 saturated carbocycles. The van der Waals surface area contributed by atoms with Crippen LogP contribution in [0.4, 0.5) is 0 Å². The first-order valence-electron chi connectivity index (χ1n) is 5.92. The third-order valence-electron chi connectivity index (χ3n) is 3.36. The zero-order valence-electron chi connectivity index (χ0n) is 10.0. The lowest BCUT2D eigenvalue weighted by Gasteiger charge is -2.16. The van der Waals surface area contributed by atoms with Crippen LogP contribution in [0.25, 0.3) is 11.0 Å². The predicted octanol–water partition coefficient (Wildman–Crippen LogP) is 0.380. The average Bonchev–Trinajstić information content (AvgIpc) is 2.88. The van der Waals surface area contributed by atoms with Crippen molar-refractivity contribution in [3.63, 3.8) is 0 Å². The van der Waals surface area contributed by atoms with Crippen LogP contribution in [0.2, 0.25) is 0 Å². The second-order valence-corrected chi connectivity index (χ2v) is 4.57. The molecule has 2 aromatic heterocycles. The molecule has 0 amide bonds. The highest BCUT2D eigenvalue weighted by atomic mass is 16.5. The van der Waals surface area contributed by atoms with Crippen molar-refractivity contribution in [3.8, 4) is 0 Å². The van der Waals surface area contributed by atoms with E-state index in [2.05, 4.69) is 9.97 Å². The number of rotatable bonds is 2. The van der Waals surface area contributed by atoms with E-state index >= 15 is 0 Å². The Hall–Kier alpha value is -1.50. The smallest absolute Gasteiger partial charge is 0.145 e. The topological polar surface area (TPSA) is 80.4 Å². The Kier molecular flexibility index (Phi) is 2.77. The van der Waals surface area contributed by atoms with Crippen molar-refractivity contribution >= 4 is 11.0 Å². The fourth-order valence-corrected chi connectivity index (χ4v) is 2.50. The zero-order valence-corrected chi connectivity index (χ0v) is 10.0. The molecule has 0 unspecified atom stereocenters. The van der Waals surface area contributed by atoms with Crippen molar-refractivity contribution < 1.29 is 14.9 Å². The van der Waals surface area contributed by atoms with Crippen molar-refractivity contribution in [1.82, 2.24) is 14.5 Å². The Morgan fingerprint density at radius 1 is 1.56 bits per heavy atom. The van der Waals surface area contributed by atoms with Crippen molar-refractivity contribution in [2.75, 3.05) is 6.61 Å². The zero-order chi connectivity index (χ0) is 12.7. The molecule has 0 spiro atoms. The van der Waals surface area contributed by atoms with E-state index in [-0.39, 0.29) is 12.8 Å². The van der Waals surface area contributed by atoms with Crippen molar-refractivity contribution in [3.05, 3.63) is 24.3 Å². The van der Waals surface area contributed by atoms with Gasteiger partial charge in [-0.25, -0.2) is 9.97 Å². The molecular formula is C12H15N3O3. The summed E-state index contributed by atoms with van der Waals surface area (Å²) in [7, 11) is 0. The van der Waals surface area contributed by atoms with E-state index in [9.17, 15) is 5.11 Å². The van der Waals surface area contributed by atoms with Gasteiger partial charge in [0.2, 0.25) is 0 Å². The summed E-state index contributed by atoms with van der Waals surface area (Å²) >= 11 is 0. The molecule has 3 atom stereocenters. The van der Waals surface area contributed by atoms with Crippen LogP contribution in [0.15, 0.2) is 18.6 Å². The molecule has 1 saturated heterocycles. The number of aliphatic hydroxyl groups is 2. The van der Waals surface area contributed by atoms with Gasteiger partial charge < -0.3 is 19.5 Å². The van der Waals surface area contributed by atoms with Gasteiger partial charge in [-0.1, -0.05) is 0 Å². The summed E-state index contributed by atoms with van der Waals surface area (Å²) < 4.78 is 7.60. The third-order valence-corrected chi connectivity index (χ3v) is 3.36. The summed E-state index contributed by atoms with van der Waals surface area (Å²) in [5, 5.41) is 19.8. The minimum absolute atomic E-state index is 0.176. The predicted molar refractivity (Wildman–Crippen MR) is 63.9 cm³/mol. The van der Waals surface area contributed by atoms with Gasteiger partial charge in [0.1, 0.15) is 24.3 Å². The van der Waals surface area contributed by atoms with Crippen molar-refractivity contribution in [1.29, 1.82) is 0 Å². The van der Waals surface area contributed by atoms with Crippen LogP contribution in [0.5, 0.6) is 0 Å². The summed E-state index contributed by atoms with van der Waals surface area (Å²) in [6.45, 7) is 1.79. The van der Waals surface area contributed by atoms with Crippen LogP contribution < -0.4 is 0 Å².